The highest BCUT2D eigenvalue weighted by Crippen LogP contribution is 2.40. The molecule has 1 N–H and O–H groups in total. The van der Waals surface area contributed by atoms with Gasteiger partial charge >= 0.3 is 0 Å². The van der Waals surface area contributed by atoms with E-state index in [1.54, 1.807) is 0 Å². The Hall–Kier alpha value is -7.56. The zero-order chi connectivity index (χ0) is 37.7. The highest BCUT2D eigenvalue weighted by molar-refractivity contribution is 6.15. The van der Waals surface area contributed by atoms with Crippen molar-refractivity contribution >= 4 is 55.2 Å². The molecule has 9 aromatic carbocycles. The van der Waals surface area contributed by atoms with Crippen molar-refractivity contribution in [1.82, 2.24) is 5.32 Å². The molecule has 1 aliphatic rings. The lowest BCUT2D eigenvalue weighted by Crippen LogP contribution is -2.33. The molecule has 0 amide bonds. The first kappa shape index (κ1) is 32.8. The molecule has 0 spiro atoms. The molecule has 10 aromatic rings. The summed E-state index contributed by atoms with van der Waals surface area (Å²) >= 11 is 0. The lowest BCUT2D eigenvalue weighted by Gasteiger charge is -2.24. The lowest BCUT2D eigenvalue weighted by molar-refractivity contribution is 0.662. The van der Waals surface area contributed by atoms with E-state index >= 15 is 0 Å². The van der Waals surface area contributed by atoms with Crippen LogP contribution in [0.4, 0.5) is 0 Å². The molecule has 1 atom stereocenters. The van der Waals surface area contributed by atoms with Gasteiger partial charge in [-0.15, -0.1) is 0 Å². The summed E-state index contributed by atoms with van der Waals surface area (Å²) in [6, 6.07) is 70.6. The minimum atomic E-state index is -0.434. The molecule has 0 saturated heterocycles. The van der Waals surface area contributed by atoms with Crippen molar-refractivity contribution in [2.45, 2.75) is 6.17 Å². The third-order valence-corrected chi connectivity index (χ3v) is 11.1. The topological polar surface area (TPSA) is 49.9 Å². The summed E-state index contributed by atoms with van der Waals surface area (Å²) in [6.45, 7) is 0. The molecule has 11 rings (SSSR count). The normalized spacial score (nSPS) is 14.1. The van der Waals surface area contributed by atoms with E-state index in [9.17, 15) is 0 Å². The first-order chi connectivity index (χ1) is 28.2. The summed E-state index contributed by atoms with van der Waals surface area (Å²) in [6.07, 6.45) is -0.434. The summed E-state index contributed by atoms with van der Waals surface area (Å²) in [4.78, 5) is 10.7. The number of aliphatic imine (C=N–C) groups is 2. The number of furan rings is 1. The number of hydrogen-bond acceptors (Lipinski definition) is 4. The Morgan fingerprint density at radius 2 is 1.09 bits per heavy atom. The maximum atomic E-state index is 6.52. The van der Waals surface area contributed by atoms with Crippen LogP contribution in [-0.4, -0.2) is 11.7 Å². The Bertz CT molecular complexity index is 3210. The van der Waals surface area contributed by atoms with Gasteiger partial charge in [0, 0.05) is 27.5 Å². The summed E-state index contributed by atoms with van der Waals surface area (Å²) in [5, 5.41) is 10.7. The average molecular weight is 730 g/mol. The molecule has 1 aliphatic heterocycles. The second kappa shape index (κ2) is 13.6. The maximum Gasteiger partial charge on any atom is 0.159 e. The van der Waals surface area contributed by atoms with E-state index in [-0.39, 0.29) is 0 Å². The van der Waals surface area contributed by atoms with E-state index < -0.39 is 6.17 Å². The summed E-state index contributed by atoms with van der Waals surface area (Å²) in [5.41, 5.74) is 11.6. The van der Waals surface area contributed by atoms with Gasteiger partial charge in [0.25, 0.3) is 0 Å². The van der Waals surface area contributed by atoms with E-state index in [4.69, 9.17) is 14.4 Å². The van der Waals surface area contributed by atoms with Crippen LogP contribution in [-0.2, 0) is 0 Å². The van der Waals surface area contributed by atoms with E-state index in [1.807, 2.05) is 24.3 Å². The van der Waals surface area contributed by atoms with Gasteiger partial charge in [0.05, 0.1) is 0 Å². The first-order valence-corrected chi connectivity index (χ1v) is 19.3. The van der Waals surface area contributed by atoms with Crippen LogP contribution in [0.5, 0.6) is 0 Å². The van der Waals surface area contributed by atoms with Gasteiger partial charge in [-0.3, -0.25) is 0 Å². The largest absolute Gasteiger partial charge is 0.456 e. The molecule has 2 heterocycles. The molecule has 4 nitrogen and oxygen atoms in total. The third-order valence-electron chi connectivity index (χ3n) is 11.1. The van der Waals surface area contributed by atoms with E-state index in [0.29, 0.717) is 5.84 Å². The van der Waals surface area contributed by atoms with Crippen molar-refractivity contribution in [3.63, 3.8) is 0 Å². The van der Waals surface area contributed by atoms with Gasteiger partial charge in [-0.1, -0.05) is 170 Å². The van der Waals surface area contributed by atoms with Crippen LogP contribution >= 0.6 is 0 Å². The zero-order valence-corrected chi connectivity index (χ0v) is 30.9. The lowest BCUT2D eigenvalue weighted by atomic mass is 9.90. The van der Waals surface area contributed by atoms with Gasteiger partial charge < -0.3 is 9.73 Å². The van der Waals surface area contributed by atoms with Crippen LogP contribution in [0.25, 0.3) is 76.9 Å². The summed E-state index contributed by atoms with van der Waals surface area (Å²) in [5.74, 6) is 1.44. The smallest absolute Gasteiger partial charge is 0.159 e. The van der Waals surface area contributed by atoms with Crippen LogP contribution in [0.1, 0.15) is 22.9 Å². The van der Waals surface area contributed by atoms with E-state index in [2.05, 4.69) is 181 Å². The average Bonchev–Trinajstić information content (AvgIpc) is 3.67. The van der Waals surface area contributed by atoms with Crippen LogP contribution in [0.2, 0.25) is 0 Å². The van der Waals surface area contributed by atoms with Gasteiger partial charge in [0.15, 0.2) is 5.84 Å². The summed E-state index contributed by atoms with van der Waals surface area (Å²) < 4.78 is 6.52. The van der Waals surface area contributed by atoms with Crippen LogP contribution < -0.4 is 5.32 Å². The molecule has 1 aromatic heterocycles. The number of nitrogens with zero attached hydrogens (tertiary/aromatic N) is 2. The molecular formula is C53H35N3O. The molecule has 57 heavy (non-hydrogen) atoms. The van der Waals surface area contributed by atoms with Crippen molar-refractivity contribution in [2.75, 3.05) is 0 Å². The molecule has 0 fully saturated rings. The molecular weight excluding hydrogens is 695 g/mol. The molecule has 0 aliphatic carbocycles. The zero-order valence-electron chi connectivity index (χ0n) is 30.9. The van der Waals surface area contributed by atoms with Crippen molar-refractivity contribution in [3.05, 3.63) is 217 Å². The van der Waals surface area contributed by atoms with Crippen molar-refractivity contribution < 1.29 is 4.42 Å². The minimum Gasteiger partial charge on any atom is -0.456 e. The van der Waals surface area contributed by atoms with E-state index in [0.717, 1.165) is 72.3 Å². The highest BCUT2D eigenvalue weighted by Gasteiger charge is 2.25. The Labute approximate surface area is 330 Å². The monoisotopic (exact) mass is 729 g/mol. The Morgan fingerprint density at radius 3 is 1.95 bits per heavy atom. The fourth-order valence-corrected chi connectivity index (χ4v) is 8.35. The Morgan fingerprint density at radius 1 is 0.404 bits per heavy atom. The van der Waals surface area contributed by atoms with Gasteiger partial charge in [-0.2, -0.15) is 0 Å². The van der Waals surface area contributed by atoms with E-state index in [1.165, 1.54) is 27.1 Å². The second-order valence-electron chi connectivity index (χ2n) is 14.6. The van der Waals surface area contributed by atoms with Crippen molar-refractivity contribution in [2.24, 2.45) is 9.98 Å². The van der Waals surface area contributed by atoms with Crippen molar-refractivity contribution in [3.8, 4) is 33.4 Å². The number of hydrogen-bond donors (Lipinski definition) is 1. The summed E-state index contributed by atoms with van der Waals surface area (Å²) in [7, 11) is 0. The molecule has 268 valence electrons. The third kappa shape index (κ3) is 5.87. The molecule has 0 radical (unpaired) electrons. The Kier molecular flexibility index (Phi) is 7.85. The number of amidine groups is 2. The fourth-order valence-electron chi connectivity index (χ4n) is 8.35. The molecule has 4 heteroatoms. The Balaban J connectivity index is 1.09. The number of nitrogens with one attached hydrogen (secondary N) is 1. The highest BCUT2D eigenvalue weighted by atomic mass is 16.3. The fraction of sp³-hybridized carbons (Fsp3) is 0.0189. The SMILES string of the molecule is c1ccc(C2=NC(c3ccc(-c4ccccc4)c(-c4cccc5ccccc45)c3)=NC(c3cccc4oc5ccc(-c6ccc7ccccc7c6)cc5c34)N2)cc1. The predicted molar refractivity (Wildman–Crippen MR) is 237 cm³/mol. The number of rotatable bonds is 6. The van der Waals surface area contributed by atoms with Crippen LogP contribution in [0, 0.1) is 0 Å². The van der Waals surface area contributed by atoms with Gasteiger partial charge in [-0.25, -0.2) is 9.98 Å². The van der Waals surface area contributed by atoms with Gasteiger partial charge in [0.1, 0.15) is 23.2 Å². The molecule has 0 bridgehead atoms. The minimum absolute atomic E-state index is 0.434. The standard InChI is InChI=1S/C53H35N3O/c1-3-14-35(15-4-1)43-29-27-41(33-46(43)44-22-11-20-36-16-9-10-21-42(36)44)52-54-51(37-17-5-2-6-18-37)55-53(56-52)45-23-12-24-49-50(45)47-32-40(28-30-48(47)57-49)39-26-25-34-13-7-8-19-38(34)31-39/h1-33,53H,(H,54,55,56). The number of fused-ring (bicyclic) bond motifs is 5. The molecule has 1 unspecified atom stereocenters. The van der Waals surface area contributed by atoms with Crippen molar-refractivity contribution in [1.29, 1.82) is 0 Å². The number of benzene rings is 9. The van der Waals surface area contributed by atoms with Crippen LogP contribution in [0.15, 0.2) is 215 Å². The predicted octanol–water partition coefficient (Wildman–Crippen LogP) is 13.4. The molecule has 0 saturated carbocycles. The second-order valence-corrected chi connectivity index (χ2v) is 14.6. The van der Waals surface area contributed by atoms with Crippen LogP contribution in [0.3, 0.4) is 0 Å². The van der Waals surface area contributed by atoms with Gasteiger partial charge in [-0.05, 0) is 85.3 Å². The van der Waals surface area contributed by atoms with Gasteiger partial charge in [0.2, 0.25) is 0 Å². The quantitative estimate of drug-likeness (QED) is 0.185. The maximum absolute atomic E-state index is 6.52. The first-order valence-electron chi connectivity index (χ1n) is 19.3.